The van der Waals surface area contributed by atoms with Crippen molar-refractivity contribution in [3.05, 3.63) is 46.0 Å². The number of carbonyl (C=O) groups excluding carboxylic acids is 1. The molecule has 2 aromatic heterocycles. The van der Waals surface area contributed by atoms with Crippen LogP contribution in [0.4, 0.5) is 10.2 Å². The highest BCUT2D eigenvalue weighted by Crippen LogP contribution is 2.16. The summed E-state index contributed by atoms with van der Waals surface area (Å²) in [5.74, 6) is -0.871. The van der Waals surface area contributed by atoms with Crippen LogP contribution in [0, 0.1) is 5.82 Å². The van der Waals surface area contributed by atoms with E-state index in [1.807, 2.05) is 17.5 Å². The second-order valence-corrected chi connectivity index (χ2v) is 4.86. The van der Waals surface area contributed by atoms with Crippen molar-refractivity contribution in [3.8, 4) is 0 Å². The minimum Gasteiger partial charge on any atom is -0.383 e. The van der Waals surface area contributed by atoms with Crippen LogP contribution in [-0.2, 0) is 6.54 Å². The summed E-state index contributed by atoms with van der Waals surface area (Å²) in [7, 11) is 1.65. The van der Waals surface area contributed by atoms with E-state index in [2.05, 4.69) is 4.98 Å². The number of thiophene rings is 1. The van der Waals surface area contributed by atoms with E-state index in [1.165, 1.54) is 4.90 Å². The number of anilines is 1. The van der Waals surface area contributed by atoms with Gasteiger partial charge in [0.15, 0.2) is 0 Å². The molecule has 2 aromatic rings. The summed E-state index contributed by atoms with van der Waals surface area (Å²) in [6.07, 6.45) is 0.991. The quantitative estimate of drug-likeness (QED) is 0.925. The van der Waals surface area contributed by atoms with E-state index in [9.17, 15) is 9.18 Å². The monoisotopic (exact) mass is 265 g/mol. The molecule has 0 radical (unpaired) electrons. The number of hydrogen-bond donors (Lipinski definition) is 1. The average molecular weight is 265 g/mol. The van der Waals surface area contributed by atoms with E-state index in [1.54, 1.807) is 18.4 Å². The zero-order valence-corrected chi connectivity index (χ0v) is 10.6. The lowest BCUT2D eigenvalue weighted by atomic mass is 10.2. The summed E-state index contributed by atoms with van der Waals surface area (Å²) in [5, 5.41) is 1.94. The molecular formula is C12H12FN3OS. The van der Waals surface area contributed by atoms with E-state index in [0.717, 1.165) is 17.1 Å². The maximum atomic E-state index is 13.1. The highest BCUT2D eigenvalue weighted by Gasteiger charge is 2.17. The Morgan fingerprint density at radius 2 is 2.39 bits per heavy atom. The topological polar surface area (TPSA) is 59.2 Å². The van der Waals surface area contributed by atoms with Gasteiger partial charge in [-0.15, -0.1) is 11.3 Å². The Hall–Kier alpha value is -1.95. The summed E-state index contributed by atoms with van der Waals surface area (Å²) < 4.78 is 13.1. The van der Waals surface area contributed by atoms with E-state index in [0.29, 0.717) is 6.54 Å². The van der Waals surface area contributed by atoms with Crippen LogP contribution >= 0.6 is 11.3 Å². The van der Waals surface area contributed by atoms with Gasteiger partial charge in [-0.2, -0.15) is 0 Å². The normalized spacial score (nSPS) is 10.3. The lowest BCUT2D eigenvalue weighted by Crippen LogP contribution is -2.27. The average Bonchev–Trinajstić information content (AvgIpc) is 2.84. The van der Waals surface area contributed by atoms with E-state index >= 15 is 0 Å². The number of amides is 1. The summed E-state index contributed by atoms with van der Waals surface area (Å²) in [4.78, 5) is 18.3. The molecule has 0 atom stereocenters. The molecular weight excluding hydrogens is 253 g/mol. The van der Waals surface area contributed by atoms with Crippen molar-refractivity contribution in [2.45, 2.75) is 6.54 Å². The molecule has 0 fully saturated rings. The number of rotatable bonds is 3. The Bertz CT molecular complexity index is 556. The first kappa shape index (κ1) is 12.5. The first-order valence-electron chi connectivity index (χ1n) is 5.27. The molecule has 0 aliphatic rings. The number of hydrogen-bond acceptors (Lipinski definition) is 4. The number of halogens is 1. The van der Waals surface area contributed by atoms with Crippen molar-refractivity contribution in [1.29, 1.82) is 0 Å². The number of nitrogen functional groups attached to an aromatic ring is 1. The van der Waals surface area contributed by atoms with Crippen molar-refractivity contribution < 1.29 is 9.18 Å². The second-order valence-electron chi connectivity index (χ2n) is 3.83. The Morgan fingerprint density at radius 3 is 3.06 bits per heavy atom. The number of pyridine rings is 1. The lowest BCUT2D eigenvalue weighted by Gasteiger charge is -2.16. The molecule has 0 unspecified atom stereocenters. The Labute approximate surface area is 108 Å². The van der Waals surface area contributed by atoms with Crippen LogP contribution in [0.3, 0.4) is 0 Å². The van der Waals surface area contributed by atoms with E-state index < -0.39 is 5.82 Å². The molecule has 0 aliphatic heterocycles. The van der Waals surface area contributed by atoms with Crippen LogP contribution in [0.2, 0.25) is 0 Å². The van der Waals surface area contributed by atoms with Crippen molar-refractivity contribution in [2.24, 2.45) is 0 Å². The second kappa shape index (κ2) is 5.14. The van der Waals surface area contributed by atoms with Gasteiger partial charge in [0.25, 0.3) is 5.91 Å². The van der Waals surface area contributed by atoms with Gasteiger partial charge in [-0.25, -0.2) is 9.37 Å². The molecule has 4 nitrogen and oxygen atoms in total. The third-order valence-corrected chi connectivity index (χ3v) is 3.30. The summed E-state index contributed by atoms with van der Waals surface area (Å²) >= 11 is 1.56. The third-order valence-electron chi connectivity index (χ3n) is 2.44. The predicted octanol–water partition coefficient (Wildman–Crippen LogP) is 2.14. The van der Waals surface area contributed by atoms with Crippen LogP contribution in [0.5, 0.6) is 0 Å². The molecule has 2 rings (SSSR count). The van der Waals surface area contributed by atoms with Crippen molar-refractivity contribution in [1.82, 2.24) is 9.88 Å². The first-order chi connectivity index (χ1) is 8.58. The Kier molecular flexibility index (Phi) is 3.57. The fourth-order valence-corrected chi connectivity index (χ4v) is 2.29. The van der Waals surface area contributed by atoms with Gasteiger partial charge in [0.05, 0.1) is 18.3 Å². The smallest absolute Gasteiger partial charge is 0.257 e. The summed E-state index contributed by atoms with van der Waals surface area (Å²) in [6, 6.07) is 4.95. The minimum absolute atomic E-state index is 0.0411. The number of carbonyl (C=O) groups is 1. The number of nitrogens with zero attached hydrogens (tertiary/aromatic N) is 2. The Morgan fingerprint density at radius 1 is 1.61 bits per heavy atom. The van der Waals surface area contributed by atoms with E-state index in [-0.39, 0.29) is 17.3 Å². The lowest BCUT2D eigenvalue weighted by molar-refractivity contribution is 0.0786. The molecule has 0 aromatic carbocycles. The van der Waals surface area contributed by atoms with Gasteiger partial charge in [-0.05, 0) is 17.5 Å². The van der Waals surface area contributed by atoms with Gasteiger partial charge < -0.3 is 10.6 Å². The molecule has 2 heterocycles. The zero-order chi connectivity index (χ0) is 13.1. The molecule has 18 heavy (non-hydrogen) atoms. The van der Waals surface area contributed by atoms with E-state index in [4.69, 9.17) is 5.73 Å². The highest BCUT2D eigenvalue weighted by molar-refractivity contribution is 7.09. The predicted molar refractivity (Wildman–Crippen MR) is 68.7 cm³/mol. The fourth-order valence-electron chi connectivity index (χ4n) is 1.53. The summed E-state index contributed by atoms with van der Waals surface area (Å²) in [6.45, 7) is 0.465. The molecule has 94 valence electrons. The largest absolute Gasteiger partial charge is 0.383 e. The van der Waals surface area contributed by atoms with Crippen molar-refractivity contribution in [3.63, 3.8) is 0 Å². The number of nitrogens with two attached hydrogens (primary N) is 1. The van der Waals surface area contributed by atoms with Gasteiger partial charge >= 0.3 is 0 Å². The third kappa shape index (κ3) is 2.65. The van der Waals surface area contributed by atoms with Gasteiger partial charge in [-0.1, -0.05) is 6.07 Å². The molecule has 1 amide bonds. The molecule has 6 heteroatoms. The van der Waals surface area contributed by atoms with Crippen LogP contribution in [0.25, 0.3) is 0 Å². The maximum absolute atomic E-state index is 13.1. The van der Waals surface area contributed by atoms with Gasteiger partial charge in [-0.3, -0.25) is 4.79 Å². The van der Waals surface area contributed by atoms with Crippen molar-refractivity contribution >= 4 is 23.1 Å². The van der Waals surface area contributed by atoms with Crippen LogP contribution in [0.15, 0.2) is 29.8 Å². The van der Waals surface area contributed by atoms with Crippen LogP contribution < -0.4 is 5.73 Å². The van der Waals surface area contributed by atoms with Crippen molar-refractivity contribution in [2.75, 3.05) is 12.8 Å². The zero-order valence-electron chi connectivity index (χ0n) is 9.76. The highest BCUT2D eigenvalue weighted by atomic mass is 32.1. The van der Waals surface area contributed by atoms with Crippen LogP contribution in [-0.4, -0.2) is 22.8 Å². The minimum atomic E-state index is -0.572. The SMILES string of the molecule is CN(Cc1cccs1)C(=O)c1cc(F)cnc1N. The van der Waals surface area contributed by atoms with Gasteiger partial charge in [0.1, 0.15) is 11.6 Å². The summed E-state index contributed by atoms with van der Waals surface area (Å²) in [5.41, 5.74) is 5.67. The molecule has 0 saturated carbocycles. The molecule has 2 N–H and O–H groups in total. The molecule has 0 spiro atoms. The maximum Gasteiger partial charge on any atom is 0.257 e. The molecule has 0 aliphatic carbocycles. The van der Waals surface area contributed by atoms with Gasteiger partial charge in [0, 0.05) is 11.9 Å². The van der Waals surface area contributed by atoms with Crippen LogP contribution in [0.1, 0.15) is 15.2 Å². The first-order valence-corrected chi connectivity index (χ1v) is 6.15. The number of aromatic nitrogens is 1. The Balaban J connectivity index is 2.17. The molecule has 0 saturated heterocycles. The fraction of sp³-hybridized carbons (Fsp3) is 0.167. The molecule has 0 bridgehead atoms. The van der Waals surface area contributed by atoms with Gasteiger partial charge in [0.2, 0.25) is 0 Å². The standard InChI is InChI=1S/C12H12FN3OS/c1-16(7-9-3-2-4-18-9)12(17)10-5-8(13)6-15-11(10)14/h2-6H,7H2,1H3,(H2,14,15).